The zero-order chi connectivity index (χ0) is 9.26. The van der Waals surface area contributed by atoms with Crippen molar-refractivity contribution in [1.82, 2.24) is 0 Å². The summed E-state index contributed by atoms with van der Waals surface area (Å²) in [6.45, 7) is 2.31. The number of nitriles is 1. The first-order chi connectivity index (χ1) is 6.31. The Morgan fingerprint density at radius 3 is 3.15 bits per heavy atom. The van der Waals surface area contributed by atoms with Crippen LogP contribution in [0.25, 0.3) is 0 Å². The molecular weight excluding hydrogens is 164 g/mol. The highest BCUT2D eigenvalue weighted by Gasteiger charge is 2.14. The van der Waals surface area contributed by atoms with E-state index in [0.717, 1.165) is 16.9 Å². The summed E-state index contributed by atoms with van der Waals surface area (Å²) in [5.74, 6) is 0.883. The number of benzene rings is 1. The molecule has 0 spiro atoms. The lowest BCUT2D eigenvalue weighted by Crippen LogP contribution is -2.20. The fourth-order valence-corrected chi connectivity index (χ4v) is 1.37. The van der Waals surface area contributed by atoms with Gasteiger partial charge in [-0.3, -0.25) is 0 Å². The van der Waals surface area contributed by atoms with Crippen LogP contribution < -0.4 is 4.74 Å². The van der Waals surface area contributed by atoms with Crippen LogP contribution in [0, 0.1) is 18.4 Å². The van der Waals surface area contributed by atoms with Crippen molar-refractivity contribution < 1.29 is 9.31 Å². The second-order valence-electron chi connectivity index (χ2n) is 2.97. The Morgan fingerprint density at radius 2 is 2.38 bits per heavy atom. The number of hydrogen-bond donors (Lipinski definition) is 0. The van der Waals surface area contributed by atoms with Crippen LogP contribution in [-0.4, -0.2) is 17.5 Å². The quantitative estimate of drug-likeness (QED) is 0.437. The summed E-state index contributed by atoms with van der Waals surface area (Å²) in [6, 6.07) is 5.88. The zero-order valence-corrected chi connectivity index (χ0v) is 7.32. The van der Waals surface area contributed by atoms with E-state index in [9.17, 15) is 0 Å². The summed E-state index contributed by atoms with van der Waals surface area (Å²) >= 11 is 0. The summed E-state index contributed by atoms with van der Waals surface area (Å²) in [5.41, 5.74) is 2.07. The molecule has 0 aromatic heterocycles. The average Bonchev–Trinajstić information content (AvgIpc) is 2.18. The topological polar surface area (TPSA) is 36.0 Å². The largest absolute Gasteiger partial charge is 0.461 e. The Hall–Kier alpha value is -1.82. The maximum atomic E-state index is 8.65. The number of ether oxygens (including phenoxy) is 1. The Morgan fingerprint density at radius 1 is 1.54 bits per heavy atom. The van der Waals surface area contributed by atoms with Crippen molar-refractivity contribution in [3.8, 4) is 11.9 Å². The van der Waals surface area contributed by atoms with Crippen molar-refractivity contribution >= 4 is 6.21 Å². The van der Waals surface area contributed by atoms with E-state index in [0.29, 0.717) is 6.73 Å². The summed E-state index contributed by atoms with van der Waals surface area (Å²) in [4.78, 5) is 0. The molecule has 0 N–H and O–H groups in total. The molecule has 1 aromatic rings. The van der Waals surface area contributed by atoms with Crippen molar-refractivity contribution in [2.45, 2.75) is 6.92 Å². The first-order valence-corrected chi connectivity index (χ1v) is 4.05. The highest BCUT2D eigenvalue weighted by molar-refractivity contribution is 5.81. The van der Waals surface area contributed by atoms with E-state index in [-0.39, 0.29) is 0 Å². The summed E-state index contributed by atoms with van der Waals surface area (Å²) in [6.07, 6.45) is 3.81. The first kappa shape index (κ1) is 7.81. The molecule has 0 fully saturated rings. The molecule has 0 atom stereocenters. The minimum Gasteiger partial charge on any atom is -0.453 e. The third-order valence-corrected chi connectivity index (χ3v) is 2.01. The van der Waals surface area contributed by atoms with Crippen LogP contribution in [0.1, 0.15) is 11.1 Å². The summed E-state index contributed by atoms with van der Waals surface area (Å²) in [5, 5.41) is 8.65. The maximum absolute atomic E-state index is 8.65. The number of fused-ring (bicyclic) bond motifs is 1. The standard InChI is InChI=1S/C10H9N2O/c1-8-3-2-4-9-5-12(6-11)7-13-10(8)9/h2-5H,7H2,1H3/q+1. The molecule has 1 aliphatic rings. The number of aryl methyl sites for hydroxylation is 1. The molecule has 3 heteroatoms. The van der Waals surface area contributed by atoms with E-state index < -0.39 is 0 Å². The molecule has 3 nitrogen and oxygen atoms in total. The van der Waals surface area contributed by atoms with E-state index in [1.54, 1.807) is 6.21 Å². The monoisotopic (exact) mass is 173 g/mol. The van der Waals surface area contributed by atoms with Crippen molar-refractivity contribution in [3.63, 3.8) is 0 Å². The van der Waals surface area contributed by atoms with Gasteiger partial charge in [-0.1, -0.05) is 12.1 Å². The molecule has 2 rings (SSSR count). The SMILES string of the molecule is Cc1cccc2c1OC[N+](C#N)=C2. The molecule has 13 heavy (non-hydrogen) atoms. The van der Waals surface area contributed by atoms with E-state index in [4.69, 9.17) is 10.00 Å². The van der Waals surface area contributed by atoms with Crippen LogP contribution in [0.2, 0.25) is 0 Å². The Labute approximate surface area is 76.5 Å². The minimum absolute atomic E-state index is 0.314. The lowest BCUT2D eigenvalue weighted by atomic mass is 10.1. The van der Waals surface area contributed by atoms with E-state index in [2.05, 4.69) is 0 Å². The van der Waals surface area contributed by atoms with Crippen LogP contribution >= 0.6 is 0 Å². The second-order valence-corrected chi connectivity index (χ2v) is 2.97. The van der Waals surface area contributed by atoms with Gasteiger partial charge < -0.3 is 4.74 Å². The van der Waals surface area contributed by atoms with E-state index >= 15 is 0 Å². The molecule has 1 heterocycles. The Kier molecular flexibility index (Phi) is 1.75. The van der Waals surface area contributed by atoms with Gasteiger partial charge in [0.25, 0.3) is 0 Å². The molecule has 64 valence electrons. The summed E-state index contributed by atoms with van der Waals surface area (Å²) in [7, 11) is 0. The third-order valence-electron chi connectivity index (χ3n) is 2.01. The van der Waals surface area contributed by atoms with Crippen molar-refractivity contribution in [2.75, 3.05) is 6.73 Å². The molecule has 0 radical (unpaired) electrons. The molecule has 0 unspecified atom stereocenters. The maximum Gasteiger partial charge on any atom is 0.461 e. The van der Waals surface area contributed by atoms with Crippen LogP contribution in [0.5, 0.6) is 5.75 Å². The molecule has 0 saturated carbocycles. The van der Waals surface area contributed by atoms with Gasteiger partial charge >= 0.3 is 6.19 Å². The van der Waals surface area contributed by atoms with Gasteiger partial charge in [-0.05, 0) is 18.6 Å². The van der Waals surface area contributed by atoms with Gasteiger partial charge in [-0.25, -0.2) is 0 Å². The zero-order valence-electron chi connectivity index (χ0n) is 7.32. The van der Waals surface area contributed by atoms with Crippen LogP contribution in [-0.2, 0) is 0 Å². The molecule has 0 bridgehead atoms. The van der Waals surface area contributed by atoms with Gasteiger partial charge in [0, 0.05) is 0 Å². The fourth-order valence-electron chi connectivity index (χ4n) is 1.37. The predicted octanol–water partition coefficient (Wildman–Crippen LogP) is 1.26. The minimum atomic E-state index is 0.314. The lowest BCUT2D eigenvalue weighted by Gasteiger charge is -2.13. The smallest absolute Gasteiger partial charge is 0.453 e. The number of nitrogens with zero attached hydrogens (tertiary/aromatic N) is 2. The van der Waals surface area contributed by atoms with Crippen LogP contribution in [0.15, 0.2) is 18.2 Å². The van der Waals surface area contributed by atoms with E-state index in [1.165, 1.54) is 4.58 Å². The molecular formula is C10H9N2O+. The van der Waals surface area contributed by atoms with E-state index in [1.807, 2.05) is 31.3 Å². The van der Waals surface area contributed by atoms with Gasteiger partial charge in [0.15, 0.2) is 5.26 Å². The van der Waals surface area contributed by atoms with Gasteiger partial charge in [0.05, 0.1) is 5.56 Å². The van der Waals surface area contributed by atoms with Crippen molar-refractivity contribution in [1.29, 1.82) is 5.26 Å². The average molecular weight is 173 g/mol. The highest BCUT2D eigenvalue weighted by Crippen LogP contribution is 2.23. The third kappa shape index (κ3) is 1.27. The normalized spacial score (nSPS) is 13.7. The van der Waals surface area contributed by atoms with Crippen LogP contribution in [0.4, 0.5) is 0 Å². The molecule has 0 aliphatic carbocycles. The highest BCUT2D eigenvalue weighted by atomic mass is 16.5. The first-order valence-electron chi connectivity index (χ1n) is 4.05. The molecule has 1 aromatic carbocycles. The Balaban J connectivity index is 2.55. The predicted molar refractivity (Wildman–Crippen MR) is 47.7 cm³/mol. The lowest BCUT2D eigenvalue weighted by molar-refractivity contribution is -0.474. The van der Waals surface area contributed by atoms with Gasteiger partial charge in [-0.2, -0.15) is 0 Å². The number of para-hydroxylation sites is 1. The molecule has 0 amide bonds. The fraction of sp³-hybridized carbons (Fsp3) is 0.200. The van der Waals surface area contributed by atoms with Gasteiger partial charge in [0.1, 0.15) is 12.0 Å². The van der Waals surface area contributed by atoms with Gasteiger partial charge in [-0.15, -0.1) is 4.58 Å². The molecule has 1 aliphatic heterocycles. The number of hydrogen-bond acceptors (Lipinski definition) is 2. The van der Waals surface area contributed by atoms with Crippen molar-refractivity contribution in [3.05, 3.63) is 29.3 Å². The summed E-state index contributed by atoms with van der Waals surface area (Å²) < 4.78 is 6.89. The molecule has 0 saturated heterocycles. The second kappa shape index (κ2) is 2.91. The van der Waals surface area contributed by atoms with Crippen LogP contribution in [0.3, 0.4) is 0 Å². The van der Waals surface area contributed by atoms with Gasteiger partial charge in [0.2, 0.25) is 6.73 Å². The number of rotatable bonds is 0. The van der Waals surface area contributed by atoms with Crippen molar-refractivity contribution in [2.24, 2.45) is 0 Å². The Bertz CT molecular complexity index is 415.